The fourth-order valence-electron chi connectivity index (χ4n) is 0. The second kappa shape index (κ2) is 4.37. The Morgan fingerprint density at radius 2 is 1.40 bits per heavy atom. The molecule has 2 N–H and O–H groups in total. The fraction of sp³-hybridized carbons (Fsp3) is 0. The lowest BCUT2D eigenvalue weighted by molar-refractivity contribution is 0.405. The molecule has 0 saturated carbocycles. The van der Waals surface area contributed by atoms with E-state index in [1.165, 1.54) is 0 Å². The van der Waals surface area contributed by atoms with Crippen molar-refractivity contribution in [1.29, 1.82) is 0 Å². The molecule has 5 heteroatoms. The third-order valence-corrected chi connectivity index (χ3v) is 0. The number of hydrogen-bond donors (Lipinski definition) is 2. The van der Waals surface area contributed by atoms with Crippen LogP contribution in [0.1, 0.15) is 0 Å². The largest absolute Gasteiger partial charge is 0.692 e. The normalized spacial score (nSPS) is 5.20. The SMILES string of the molecule is O=[P+](O)O.S. The van der Waals surface area contributed by atoms with Gasteiger partial charge in [0.25, 0.3) is 0 Å². The van der Waals surface area contributed by atoms with Crippen LogP contribution in [0.15, 0.2) is 0 Å². The van der Waals surface area contributed by atoms with Crippen LogP contribution in [-0.4, -0.2) is 9.79 Å². The zero-order valence-electron chi connectivity index (χ0n) is 2.25. The highest BCUT2D eigenvalue weighted by Crippen LogP contribution is 1.98. The minimum atomic E-state index is -2.87. The second-order valence-corrected chi connectivity index (χ2v) is 0.758. The van der Waals surface area contributed by atoms with Crippen LogP contribution in [0.2, 0.25) is 0 Å². The summed E-state index contributed by atoms with van der Waals surface area (Å²) < 4.78 is 8.70. The van der Waals surface area contributed by atoms with Gasteiger partial charge >= 0.3 is 8.25 Å². The van der Waals surface area contributed by atoms with Crippen LogP contribution >= 0.6 is 21.8 Å². The smallest absolute Gasteiger partial charge is 0.197 e. The van der Waals surface area contributed by atoms with E-state index in [-0.39, 0.29) is 13.5 Å². The first kappa shape index (κ1) is 9.03. The van der Waals surface area contributed by atoms with Crippen molar-refractivity contribution in [2.24, 2.45) is 0 Å². The van der Waals surface area contributed by atoms with E-state index in [0.29, 0.717) is 0 Å². The van der Waals surface area contributed by atoms with Crippen molar-refractivity contribution in [2.45, 2.75) is 0 Å². The maximum absolute atomic E-state index is 8.70. The van der Waals surface area contributed by atoms with Crippen LogP contribution in [0.3, 0.4) is 0 Å². The van der Waals surface area contributed by atoms with Crippen molar-refractivity contribution in [3.05, 3.63) is 0 Å². The maximum atomic E-state index is 8.70. The van der Waals surface area contributed by atoms with Gasteiger partial charge in [-0.05, 0) is 0 Å². The summed E-state index contributed by atoms with van der Waals surface area (Å²) in [6.07, 6.45) is 0. The number of rotatable bonds is 0. The summed E-state index contributed by atoms with van der Waals surface area (Å²) in [5.41, 5.74) is 0. The van der Waals surface area contributed by atoms with Gasteiger partial charge in [-0.25, -0.2) is 0 Å². The van der Waals surface area contributed by atoms with Crippen molar-refractivity contribution in [3.8, 4) is 0 Å². The molecule has 3 nitrogen and oxygen atoms in total. The summed E-state index contributed by atoms with van der Waals surface area (Å²) >= 11 is 0. The van der Waals surface area contributed by atoms with Gasteiger partial charge in [0.1, 0.15) is 0 Å². The fourth-order valence-corrected chi connectivity index (χ4v) is 0. The summed E-state index contributed by atoms with van der Waals surface area (Å²) in [5.74, 6) is 0. The predicted molar refractivity (Wildman–Crippen MR) is 22.4 cm³/mol. The summed E-state index contributed by atoms with van der Waals surface area (Å²) in [4.78, 5) is 14.2. The number of hydrogen-bond acceptors (Lipinski definition) is 1. The molecule has 0 aromatic carbocycles. The van der Waals surface area contributed by atoms with Crippen molar-refractivity contribution >= 4 is 21.8 Å². The molecule has 0 saturated heterocycles. The van der Waals surface area contributed by atoms with Gasteiger partial charge in [-0.1, -0.05) is 0 Å². The van der Waals surface area contributed by atoms with Gasteiger partial charge in [-0.2, -0.15) is 13.5 Å². The molecule has 0 spiro atoms. The molecule has 32 valence electrons. The summed E-state index contributed by atoms with van der Waals surface area (Å²) in [6, 6.07) is 0. The standard InChI is InChI=1S/HO3P.H2S/c1-4(2)3;/h(H-,1,2,3);1H2/p+1. The van der Waals surface area contributed by atoms with E-state index in [1.807, 2.05) is 0 Å². The van der Waals surface area contributed by atoms with Gasteiger partial charge in [-0.3, -0.25) is 0 Å². The van der Waals surface area contributed by atoms with Gasteiger partial charge in [0, 0.05) is 4.57 Å². The topological polar surface area (TPSA) is 57.5 Å². The van der Waals surface area contributed by atoms with Gasteiger partial charge in [0.2, 0.25) is 0 Å². The monoisotopic (exact) mass is 115 g/mol. The Morgan fingerprint density at radius 3 is 1.40 bits per heavy atom. The van der Waals surface area contributed by atoms with Gasteiger partial charge in [0.15, 0.2) is 0 Å². The lowest BCUT2D eigenvalue weighted by Crippen LogP contribution is -1.38. The van der Waals surface area contributed by atoms with Crippen molar-refractivity contribution in [2.75, 3.05) is 0 Å². The summed E-state index contributed by atoms with van der Waals surface area (Å²) in [5, 5.41) is 0. The Bertz CT molecular complexity index is 29.9. The average Bonchev–Trinajstić information content (AvgIpc) is 0.811. The van der Waals surface area contributed by atoms with Crippen LogP contribution in [0.25, 0.3) is 0 Å². The van der Waals surface area contributed by atoms with E-state index >= 15 is 0 Å². The minimum absolute atomic E-state index is 0. The Hall–Kier alpha value is 0.370. The Morgan fingerprint density at radius 1 is 1.40 bits per heavy atom. The Labute approximate surface area is 37.0 Å². The van der Waals surface area contributed by atoms with Gasteiger partial charge in [-0.15, -0.1) is 9.79 Å². The predicted octanol–water partition coefficient (Wildman–Crippen LogP) is -0.259. The van der Waals surface area contributed by atoms with Crippen LogP contribution in [0.5, 0.6) is 0 Å². The molecule has 0 aliphatic rings. The molecular formula is H4O3PS+. The molecule has 0 aliphatic heterocycles. The Balaban J connectivity index is 0. The van der Waals surface area contributed by atoms with E-state index < -0.39 is 8.25 Å². The quantitative estimate of drug-likeness (QED) is 0.427. The molecule has 0 unspecified atom stereocenters. The zero-order valence-corrected chi connectivity index (χ0v) is 4.14. The molecule has 0 aliphatic carbocycles. The lowest BCUT2D eigenvalue weighted by atomic mass is 15.8. The highest BCUT2D eigenvalue weighted by Gasteiger charge is 1.93. The van der Waals surface area contributed by atoms with Gasteiger partial charge in [0.05, 0.1) is 0 Å². The average molecular weight is 115 g/mol. The maximum Gasteiger partial charge on any atom is 0.692 e. The van der Waals surface area contributed by atoms with E-state index in [2.05, 4.69) is 0 Å². The first-order valence-corrected chi connectivity index (χ1v) is 1.75. The molecule has 0 heterocycles. The van der Waals surface area contributed by atoms with E-state index in [1.54, 1.807) is 0 Å². The molecule has 5 heavy (non-hydrogen) atoms. The van der Waals surface area contributed by atoms with Crippen molar-refractivity contribution < 1.29 is 14.4 Å². The van der Waals surface area contributed by atoms with E-state index in [4.69, 9.17) is 14.4 Å². The van der Waals surface area contributed by atoms with E-state index in [0.717, 1.165) is 0 Å². The zero-order chi connectivity index (χ0) is 3.58. The first-order valence-electron chi connectivity index (χ1n) is 0.583. The van der Waals surface area contributed by atoms with Crippen LogP contribution in [-0.2, 0) is 4.57 Å². The second-order valence-electron chi connectivity index (χ2n) is 0.253. The molecular weight excluding hydrogens is 111 g/mol. The first-order chi connectivity index (χ1) is 1.73. The van der Waals surface area contributed by atoms with Crippen molar-refractivity contribution in [3.63, 3.8) is 0 Å². The highest BCUT2D eigenvalue weighted by molar-refractivity contribution is 7.59. The molecule has 0 radical (unpaired) electrons. The third kappa shape index (κ3) is 179. The molecule has 0 fully saturated rings. The van der Waals surface area contributed by atoms with Crippen LogP contribution < -0.4 is 0 Å². The van der Waals surface area contributed by atoms with Gasteiger partial charge < -0.3 is 0 Å². The summed E-state index contributed by atoms with van der Waals surface area (Å²) in [7, 11) is -2.87. The molecule has 0 aromatic heterocycles. The van der Waals surface area contributed by atoms with Crippen LogP contribution in [0, 0.1) is 0 Å². The summed E-state index contributed by atoms with van der Waals surface area (Å²) in [6.45, 7) is 0. The third-order valence-electron chi connectivity index (χ3n) is 0. The molecule has 0 rings (SSSR count). The molecule has 0 atom stereocenters. The van der Waals surface area contributed by atoms with E-state index in [9.17, 15) is 0 Å². The Kier molecular flexibility index (Phi) is 7.89. The minimum Gasteiger partial charge on any atom is -0.197 e. The molecule has 0 bridgehead atoms. The lowest BCUT2D eigenvalue weighted by Gasteiger charge is -1.34. The van der Waals surface area contributed by atoms with Crippen LogP contribution in [0.4, 0.5) is 0 Å². The van der Waals surface area contributed by atoms with Crippen molar-refractivity contribution in [1.82, 2.24) is 0 Å². The highest BCUT2D eigenvalue weighted by atomic mass is 32.1. The molecule has 0 amide bonds. The molecule has 0 aromatic rings.